The molecule has 13 heteroatoms. The second-order valence-electron chi connectivity index (χ2n) is 6.68. The molecule has 0 spiro atoms. The molecule has 3 rings (SSSR count). The van der Waals surface area contributed by atoms with Crippen LogP contribution in [0.15, 0.2) is 71.8 Å². The molecule has 0 atom stereocenters. The number of anilines is 1. The van der Waals surface area contributed by atoms with E-state index in [0.29, 0.717) is 16.8 Å². The summed E-state index contributed by atoms with van der Waals surface area (Å²) in [5.74, 6) is -1.94. The summed E-state index contributed by atoms with van der Waals surface area (Å²) >= 11 is 0. The van der Waals surface area contributed by atoms with Gasteiger partial charge in [-0.25, -0.2) is 5.43 Å². The van der Waals surface area contributed by atoms with E-state index in [-0.39, 0.29) is 11.5 Å². The predicted molar refractivity (Wildman–Crippen MR) is 122 cm³/mol. The Morgan fingerprint density at radius 2 is 1.63 bits per heavy atom. The third-order valence-corrected chi connectivity index (χ3v) is 4.32. The monoisotopic (exact) mass is 474 g/mol. The number of nitro groups is 2. The molecule has 2 amide bonds. The highest BCUT2D eigenvalue weighted by Crippen LogP contribution is 2.34. The van der Waals surface area contributed by atoms with Crippen molar-refractivity contribution >= 4 is 35.1 Å². The number of ether oxygens (including phenoxy) is 1. The first-order valence-corrected chi connectivity index (χ1v) is 9.62. The van der Waals surface area contributed by atoms with Gasteiger partial charge in [0.1, 0.15) is 5.75 Å². The minimum absolute atomic E-state index is 0.178. The molecule has 0 fully saturated rings. The SMILES string of the molecule is N#Cc1ccc(NC(=O)C(=O)N/N=C/c2ccc(Oc3ccc([N+](=O)[O-])cc3[N+](=O)[O-])cc2)cc1. The second-order valence-corrected chi connectivity index (χ2v) is 6.68. The van der Waals surface area contributed by atoms with Gasteiger partial charge < -0.3 is 10.1 Å². The summed E-state index contributed by atoms with van der Waals surface area (Å²) in [5.41, 5.74) is 2.30. The molecule has 3 aromatic rings. The van der Waals surface area contributed by atoms with Crippen LogP contribution in [0.2, 0.25) is 0 Å². The maximum atomic E-state index is 11.9. The first-order valence-electron chi connectivity index (χ1n) is 9.62. The topological polar surface area (TPSA) is 190 Å². The maximum Gasteiger partial charge on any atom is 0.329 e. The van der Waals surface area contributed by atoms with Crippen molar-refractivity contribution in [2.45, 2.75) is 0 Å². The molecule has 0 saturated heterocycles. The first kappa shape index (κ1) is 24.0. The lowest BCUT2D eigenvalue weighted by molar-refractivity contribution is -0.394. The Morgan fingerprint density at radius 1 is 0.943 bits per heavy atom. The van der Waals surface area contributed by atoms with E-state index in [1.165, 1.54) is 54.7 Å². The third-order valence-electron chi connectivity index (χ3n) is 4.32. The normalized spacial score (nSPS) is 10.3. The summed E-state index contributed by atoms with van der Waals surface area (Å²) in [5, 5.41) is 36.8. The van der Waals surface area contributed by atoms with Crippen LogP contribution >= 0.6 is 0 Å². The van der Waals surface area contributed by atoms with Crippen molar-refractivity contribution in [2.24, 2.45) is 5.10 Å². The number of nitrogens with one attached hydrogen (secondary N) is 2. The van der Waals surface area contributed by atoms with Crippen LogP contribution in [0.25, 0.3) is 0 Å². The van der Waals surface area contributed by atoms with Crippen molar-refractivity contribution < 1.29 is 24.2 Å². The predicted octanol–water partition coefficient (Wildman–Crippen LogP) is 3.26. The fourth-order valence-corrected chi connectivity index (χ4v) is 2.63. The van der Waals surface area contributed by atoms with Gasteiger partial charge in [0.2, 0.25) is 5.75 Å². The highest BCUT2D eigenvalue weighted by Gasteiger charge is 2.21. The highest BCUT2D eigenvalue weighted by molar-refractivity contribution is 6.39. The van der Waals surface area contributed by atoms with Gasteiger partial charge in [-0.05, 0) is 60.2 Å². The molecule has 35 heavy (non-hydrogen) atoms. The number of carbonyl (C=O) groups excluding carboxylic acids is 2. The number of nitrogens with zero attached hydrogens (tertiary/aromatic N) is 4. The largest absolute Gasteiger partial charge is 0.450 e. The van der Waals surface area contributed by atoms with Crippen molar-refractivity contribution in [1.82, 2.24) is 5.43 Å². The lowest BCUT2D eigenvalue weighted by Crippen LogP contribution is -2.32. The number of hydrogen-bond donors (Lipinski definition) is 2. The smallest absolute Gasteiger partial charge is 0.329 e. The summed E-state index contributed by atoms with van der Waals surface area (Å²) in [4.78, 5) is 44.2. The summed E-state index contributed by atoms with van der Waals surface area (Å²) in [6.45, 7) is 0. The zero-order valence-electron chi connectivity index (χ0n) is 17.6. The van der Waals surface area contributed by atoms with Gasteiger partial charge in [0.15, 0.2) is 0 Å². The summed E-state index contributed by atoms with van der Waals surface area (Å²) in [6, 6.07) is 16.9. The van der Waals surface area contributed by atoms with Gasteiger partial charge in [-0.2, -0.15) is 10.4 Å². The fraction of sp³-hybridized carbons (Fsp3) is 0. The molecular weight excluding hydrogens is 460 g/mol. The molecule has 2 N–H and O–H groups in total. The van der Waals surface area contributed by atoms with Crippen molar-refractivity contribution in [3.8, 4) is 17.6 Å². The van der Waals surface area contributed by atoms with Gasteiger partial charge >= 0.3 is 17.5 Å². The number of nitriles is 1. The molecule has 0 heterocycles. The lowest BCUT2D eigenvalue weighted by Gasteiger charge is -2.06. The molecule has 0 aliphatic rings. The number of rotatable bonds is 7. The molecule has 0 aliphatic heterocycles. The molecule has 0 radical (unpaired) electrons. The average molecular weight is 474 g/mol. The Kier molecular flexibility index (Phi) is 7.40. The second kappa shape index (κ2) is 10.8. The van der Waals surface area contributed by atoms with Gasteiger partial charge in [-0.3, -0.25) is 29.8 Å². The molecule has 0 saturated carbocycles. The zero-order chi connectivity index (χ0) is 25.4. The van der Waals surface area contributed by atoms with Crippen LogP contribution in [-0.4, -0.2) is 27.9 Å². The molecule has 0 bridgehead atoms. The number of benzene rings is 3. The molecule has 0 unspecified atom stereocenters. The summed E-state index contributed by atoms with van der Waals surface area (Å²) in [7, 11) is 0. The number of hydrazone groups is 1. The van der Waals surface area contributed by atoms with E-state index in [1.54, 1.807) is 0 Å². The molecule has 174 valence electrons. The number of amides is 2. The summed E-state index contributed by atoms with van der Waals surface area (Å²) < 4.78 is 5.46. The van der Waals surface area contributed by atoms with Crippen molar-refractivity contribution in [1.29, 1.82) is 5.26 Å². The Bertz CT molecular complexity index is 1360. The minimum atomic E-state index is -1.02. The van der Waals surface area contributed by atoms with Crippen LogP contribution < -0.4 is 15.5 Å². The van der Waals surface area contributed by atoms with Crippen LogP contribution in [0.3, 0.4) is 0 Å². The fourth-order valence-electron chi connectivity index (χ4n) is 2.63. The third kappa shape index (κ3) is 6.43. The number of non-ortho nitro benzene ring substituents is 1. The van der Waals surface area contributed by atoms with E-state index in [1.807, 2.05) is 6.07 Å². The number of hydrogen-bond acceptors (Lipinski definition) is 9. The molecule has 0 aliphatic carbocycles. The molecular formula is C22H14N6O7. The van der Waals surface area contributed by atoms with Crippen LogP contribution in [-0.2, 0) is 9.59 Å². The molecule has 0 aromatic heterocycles. The average Bonchev–Trinajstić information content (AvgIpc) is 2.85. The van der Waals surface area contributed by atoms with Crippen molar-refractivity contribution in [2.75, 3.05) is 5.32 Å². The highest BCUT2D eigenvalue weighted by atomic mass is 16.6. The van der Waals surface area contributed by atoms with Gasteiger partial charge in [-0.15, -0.1) is 0 Å². The van der Waals surface area contributed by atoms with Gasteiger partial charge in [0, 0.05) is 11.8 Å². The van der Waals surface area contributed by atoms with E-state index in [4.69, 9.17) is 10.00 Å². The van der Waals surface area contributed by atoms with Crippen LogP contribution in [0.4, 0.5) is 17.1 Å². The van der Waals surface area contributed by atoms with Crippen molar-refractivity contribution in [3.05, 3.63) is 98.1 Å². The molecule has 3 aromatic carbocycles. The van der Waals surface area contributed by atoms with Crippen molar-refractivity contribution in [3.63, 3.8) is 0 Å². The van der Waals surface area contributed by atoms with Gasteiger partial charge in [0.05, 0.1) is 33.8 Å². The van der Waals surface area contributed by atoms with E-state index in [0.717, 1.165) is 18.2 Å². The summed E-state index contributed by atoms with van der Waals surface area (Å²) in [6.07, 6.45) is 1.25. The Hall–Kier alpha value is -5.64. The van der Waals surface area contributed by atoms with Crippen LogP contribution in [0, 0.1) is 31.6 Å². The van der Waals surface area contributed by atoms with E-state index < -0.39 is 33.0 Å². The Labute approximate surface area is 196 Å². The number of carbonyl (C=O) groups is 2. The Balaban J connectivity index is 1.58. The Morgan fingerprint density at radius 3 is 2.23 bits per heavy atom. The quantitative estimate of drug-likeness (QED) is 0.226. The minimum Gasteiger partial charge on any atom is -0.450 e. The van der Waals surface area contributed by atoms with Crippen LogP contribution in [0.5, 0.6) is 11.5 Å². The number of nitro benzene ring substituents is 2. The van der Waals surface area contributed by atoms with Crippen LogP contribution in [0.1, 0.15) is 11.1 Å². The molecule has 13 nitrogen and oxygen atoms in total. The van der Waals surface area contributed by atoms with Gasteiger partial charge in [-0.1, -0.05) is 0 Å². The van der Waals surface area contributed by atoms with E-state index in [9.17, 15) is 29.8 Å². The first-order chi connectivity index (χ1) is 16.8. The zero-order valence-corrected chi connectivity index (χ0v) is 17.6. The standard InChI is InChI=1S/C22H14N6O7/c23-12-14-1-5-16(6-2-14)25-21(29)22(30)26-24-13-15-3-8-18(9-4-15)35-20-10-7-17(27(31)32)11-19(20)28(33)34/h1-11,13H,(H,25,29)(H,26,30)/b24-13+. The lowest BCUT2D eigenvalue weighted by atomic mass is 10.2. The van der Waals surface area contributed by atoms with E-state index >= 15 is 0 Å². The van der Waals surface area contributed by atoms with E-state index in [2.05, 4.69) is 15.8 Å². The van der Waals surface area contributed by atoms with Gasteiger partial charge in [0.25, 0.3) is 5.69 Å². The maximum absolute atomic E-state index is 11.9.